The first-order chi connectivity index (χ1) is 8.66. The first-order valence-electron chi connectivity index (χ1n) is 6.89. The van der Waals surface area contributed by atoms with Crippen molar-refractivity contribution in [1.82, 2.24) is 4.90 Å². The highest BCUT2D eigenvalue weighted by molar-refractivity contribution is 5.41. The summed E-state index contributed by atoms with van der Waals surface area (Å²) >= 11 is 0. The van der Waals surface area contributed by atoms with Gasteiger partial charge in [-0.2, -0.15) is 0 Å². The monoisotopic (exact) mass is 248 g/mol. The van der Waals surface area contributed by atoms with Crippen LogP contribution in [0.3, 0.4) is 0 Å². The summed E-state index contributed by atoms with van der Waals surface area (Å²) < 4.78 is 5.75. The molecule has 3 heteroatoms. The lowest BCUT2D eigenvalue weighted by atomic mass is 9.92. The molecule has 0 aromatic heterocycles. The summed E-state index contributed by atoms with van der Waals surface area (Å²) in [6.07, 6.45) is 2.67. The van der Waals surface area contributed by atoms with Crippen LogP contribution < -0.4 is 10.5 Å². The van der Waals surface area contributed by atoms with E-state index in [2.05, 4.69) is 18.7 Å². The van der Waals surface area contributed by atoms with E-state index in [1.54, 1.807) is 0 Å². The first kappa shape index (κ1) is 13.2. The lowest BCUT2D eigenvalue weighted by Crippen LogP contribution is -2.44. The van der Waals surface area contributed by atoms with Crippen molar-refractivity contribution in [2.24, 2.45) is 5.92 Å². The Hall–Kier alpha value is -1.22. The lowest BCUT2D eigenvalue weighted by molar-refractivity contribution is 0.0958. The van der Waals surface area contributed by atoms with E-state index in [0.29, 0.717) is 6.04 Å². The van der Waals surface area contributed by atoms with Gasteiger partial charge in [-0.15, -0.1) is 0 Å². The summed E-state index contributed by atoms with van der Waals surface area (Å²) in [6.45, 7) is 7.64. The summed E-state index contributed by atoms with van der Waals surface area (Å²) in [7, 11) is 0. The predicted molar refractivity (Wildman–Crippen MR) is 75.8 cm³/mol. The summed E-state index contributed by atoms with van der Waals surface area (Å²) in [6, 6.07) is 8.28. The molecule has 0 bridgehead atoms. The van der Waals surface area contributed by atoms with Crippen molar-refractivity contribution in [3.63, 3.8) is 0 Å². The number of rotatable bonds is 4. The quantitative estimate of drug-likeness (QED) is 0.833. The third-order valence-electron chi connectivity index (χ3n) is 4.03. The zero-order valence-electron chi connectivity index (χ0n) is 11.4. The van der Waals surface area contributed by atoms with E-state index in [-0.39, 0.29) is 0 Å². The largest absolute Gasteiger partial charge is 0.492 e. The standard InChI is InChI=1S/C15H24N2O/c1-12-4-3-9-17(13(12)2)10-11-18-15-7-5-14(16)6-8-15/h5-8,12-13H,3-4,9-11,16H2,1-2H3. The minimum Gasteiger partial charge on any atom is -0.492 e. The summed E-state index contributed by atoms with van der Waals surface area (Å²) in [5.74, 6) is 1.71. The molecular weight excluding hydrogens is 224 g/mol. The predicted octanol–water partition coefficient (Wildman–Crippen LogP) is 2.77. The second kappa shape index (κ2) is 6.10. The zero-order chi connectivity index (χ0) is 13.0. The third-order valence-corrected chi connectivity index (χ3v) is 4.03. The number of benzene rings is 1. The second-order valence-electron chi connectivity index (χ2n) is 5.31. The van der Waals surface area contributed by atoms with Gasteiger partial charge in [-0.3, -0.25) is 4.90 Å². The van der Waals surface area contributed by atoms with Crippen LogP contribution in [0.25, 0.3) is 0 Å². The molecule has 1 aliphatic heterocycles. The van der Waals surface area contributed by atoms with Crippen molar-refractivity contribution in [3.8, 4) is 5.75 Å². The molecule has 3 nitrogen and oxygen atoms in total. The molecule has 1 fully saturated rings. The molecular formula is C15H24N2O. The molecule has 2 unspecified atom stereocenters. The topological polar surface area (TPSA) is 38.5 Å². The van der Waals surface area contributed by atoms with E-state index in [4.69, 9.17) is 10.5 Å². The van der Waals surface area contributed by atoms with Crippen LogP contribution >= 0.6 is 0 Å². The maximum atomic E-state index is 5.75. The van der Waals surface area contributed by atoms with E-state index >= 15 is 0 Å². The van der Waals surface area contributed by atoms with Crippen LogP contribution in [0.15, 0.2) is 24.3 Å². The number of piperidine rings is 1. The van der Waals surface area contributed by atoms with E-state index in [1.165, 1.54) is 19.4 Å². The fourth-order valence-corrected chi connectivity index (χ4v) is 2.58. The maximum absolute atomic E-state index is 5.75. The molecule has 0 saturated carbocycles. The van der Waals surface area contributed by atoms with Crippen LogP contribution in [0.5, 0.6) is 5.75 Å². The number of nitrogens with two attached hydrogens (primary N) is 1. The Bertz CT molecular complexity index is 363. The molecule has 2 rings (SSSR count). The van der Waals surface area contributed by atoms with Crippen molar-refractivity contribution in [2.75, 3.05) is 25.4 Å². The van der Waals surface area contributed by atoms with E-state index < -0.39 is 0 Å². The van der Waals surface area contributed by atoms with Gasteiger partial charge < -0.3 is 10.5 Å². The summed E-state index contributed by atoms with van der Waals surface area (Å²) in [5.41, 5.74) is 6.42. The normalized spacial score (nSPS) is 25.0. The number of hydrogen-bond acceptors (Lipinski definition) is 3. The minimum absolute atomic E-state index is 0.675. The number of likely N-dealkylation sites (tertiary alicyclic amines) is 1. The molecule has 1 aromatic carbocycles. The van der Waals surface area contributed by atoms with Crippen molar-refractivity contribution < 1.29 is 4.74 Å². The van der Waals surface area contributed by atoms with Gasteiger partial charge in [0, 0.05) is 18.3 Å². The molecule has 100 valence electrons. The third kappa shape index (κ3) is 3.39. The summed E-state index contributed by atoms with van der Waals surface area (Å²) in [5, 5.41) is 0. The Morgan fingerprint density at radius 2 is 2.00 bits per heavy atom. The van der Waals surface area contributed by atoms with Crippen LogP contribution in [-0.2, 0) is 0 Å². The van der Waals surface area contributed by atoms with E-state index in [0.717, 1.165) is 30.5 Å². The molecule has 1 heterocycles. The molecule has 1 saturated heterocycles. The number of nitrogens with zero attached hydrogens (tertiary/aromatic N) is 1. The molecule has 0 aliphatic carbocycles. The maximum Gasteiger partial charge on any atom is 0.119 e. The SMILES string of the molecule is CC1CCCN(CCOc2ccc(N)cc2)C1C. The van der Waals surface area contributed by atoms with Gasteiger partial charge in [0.05, 0.1) is 0 Å². The Kier molecular flexibility index (Phi) is 4.48. The number of anilines is 1. The molecule has 1 aliphatic rings. The highest BCUT2D eigenvalue weighted by Gasteiger charge is 2.23. The van der Waals surface area contributed by atoms with Crippen LogP contribution in [0, 0.1) is 5.92 Å². The van der Waals surface area contributed by atoms with Gasteiger partial charge in [0.25, 0.3) is 0 Å². The Labute approximate surface area is 110 Å². The zero-order valence-corrected chi connectivity index (χ0v) is 11.4. The molecule has 2 N–H and O–H groups in total. The van der Waals surface area contributed by atoms with Crippen molar-refractivity contribution in [1.29, 1.82) is 0 Å². The van der Waals surface area contributed by atoms with Crippen LogP contribution in [0.1, 0.15) is 26.7 Å². The number of ether oxygens (including phenoxy) is 1. The van der Waals surface area contributed by atoms with Crippen LogP contribution in [-0.4, -0.2) is 30.6 Å². The van der Waals surface area contributed by atoms with Crippen LogP contribution in [0.2, 0.25) is 0 Å². The van der Waals surface area contributed by atoms with Crippen molar-refractivity contribution >= 4 is 5.69 Å². The highest BCUT2D eigenvalue weighted by Crippen LogP contribution is 2.22. The van der Waals surface area contributed by atoms with Gasteiger partial charge in [0.15, 0.2) is 0 Å². The molecule has 2 atom stereocenters. The fourth-order valence-electron chi connectivity index (χ4n) is 2.58. The van der Waals surface area contributed by atoms with Gasteiger partial charge >= 0.3 is 0 Å². The van der Waals surface area contributed by atoms with E-state index in [9.17, 15) is 0 Å². The number of hydrogen-bond donors (Lipinski definition) is 1. The Balaban J connectivity index is 1.76. The van der Waals surface area contributed by atoms with Gasteiger partial charge in [0.1, 0.15) is 12.4 Å². The second-order valence-corrected chi connectivity index (χ2v) is 5.31. The average molecular weight is 248 g/mol. The Morgan fingerprint density at radius 3 is 2.72 bits per heavy atom. The molecule has 18 heavy (non-hydrogen) atoms. The lowest BCUT2D eigenvalue weighted by Gasteiger charge is -2.37. The molecule has 0 amide bonds. The fraction of sp³-hybridized carbons (Fsp3) is 0.600. The smallest absolute Gasteiger partial charge is 0.119 e. The molecule has 1 aromatic rings. The summed E-state index contributed by atoms with van der Waals surface area (Å²) in [4.78, 5) is 2.53. The van der Waals surface area contributed by atoms with Gasteiger partial charge in [0.2, 0.25) is 0 Å². The van der Waals surface area contributed by atoms with Crippen molar-refractivity contribution in [2.45, 2.75) is 32.7 Å². The van der Waals surface area contributed by atoms with Gasteiger partial charge in [-0.25, -0.2) is 0 Å². The van der Waals surface area contributed by atoms with Crippen LogP contribution in [0.4, 0.5) is 5.69 Å². The highest BCUT2D eigenvalue weighted by atomic mass is 16.5. The Morgan fingerprint density at radius 1 is 1.28 bits per heavy atom. The van der Waals surface area contributed by atoms with Gasteiger partial charge in [-0.05, 0) is 56.5 Å². The van der Waals surface area contributed by atoms with Crippen molar-refractivity contribution in [3.05, 3.63) is 24.3 Å². The van der Waals surface area contributed by atoms with Gasteiger partial charge in [-0.1, -0.05) is 6.92 Å². The average Bonchev–Trinajstić information content (AvgIpc) is 2.37. The molecule has 0 spiro atoms. The number of nitrogen functional groups attached to an aromatic ring is 1. The first-order valence-corrected chi connectivity index (χ1v) is 6.89. The van der Waals surface area contributed by atoms with E-state index in [1.807, 2.05) is 24.3 Å². The molecule has 0 radical (unpaired) electrons. The minimum atomic E-state index is 0.675.